The van der Waals surface area contributed by atoms with Gasteiger partial charge >= 0.3 is 0 Å². The van der Waals surface area contributed by atoms with E-state index < -0.39 is 0 Å². The van der Waals surface area contributed by atoms with Gasteiger partial charge in [0.05, 0.1) is 6.61 Å². The fourth-order valence-corrected chi connectivity index (χ4v) is 2.80. The van der Waals surface area contributed by atoms with Gasteiger partial charge in [-0.2, -0.15) is 0 Å². The molecule has 0 unspecified atom stereocenters. The molecule has 1 aromatic carbocycles. The third kappa shape index (κ3) is 3.87. The van der Waals surface area contributed by atoms with E-state index in [0.717, 1.165) is 62.4 Å². The lowest BCUT2D eigenvalue weighted by atomic mass is 10.1. The molecule has 0 saturated heterocycles. The zero-order chi connectivity index (χ0) is 13.8. The Hall–Kier alpha value is -0.770. The van der Waals surface area contributed by atoms with Crippen molar-refractivity contribution in [3.63, 3.8) is 0 Å². The number of halogens is 1. The number of rotatable bonds is 8. The normalized spacial score (nSPS) is 17.1. The Morgan fingerprint density at radius 1 is 1.35 bits per heavy atom. The monoisotopic (exact) mass is 295 g/mol. The number of hydrogen-bond donors (Lipinski definition) is 1. The number of ether oxygens (including phenoxy) is 2. The maximum Gasteiger partial charge on any atom is 0.127 e. The Labute approximate surface area is 125 Å². The minimum Gasteiger partial charge on any atom is -0.493 e. The Morgan fingerprint density at radius 2 is 2.25 bits per heavy atom. The quantitative estimate of drug-likeness (QED) is 0.747. The van der Waals surface area contributed by atoms with Crippen LogP contribution in [0.2, 0.25) is 5.02 Å². The molecule has 1 aromatic rings. The first-order valence-corrected chi connectivity index (χ1v) is 7.93. The van der Waals surface area contributed by atoms with Gasteiger partial charge in [-0.25, -0.2) is 0 Å². The van der Waals surface area contributed by atoms with Crippen molar-refractivity contribution in [2.75, 3.05) is 26.4 Å². The highest BCUT2D eigenvalue weighted by atomic mass is 35.5. The smallest absolute Gasteiger partial charge is 0.127 e. The average molecular weight is 296 g/mol. The standard InChI is InChI=1S/C16H22ClNO2/c17-15-8-13-4-7-20-16(13)14(9-15)10-18-5-1-6-19-11-12-2-3-12/h8-9,12,18H,1-7,10-11H2. The number of hydrogen-bond acceptors (Lipinski definition) is 3. The van der Waals surface area contributed by atoms with Crippen LogP contribution in [-0.4, -0.2) is 26.4 Å². The third-order valence-corrected chi connectivity index (χ3v) is 4.05. The van der Waals surface area contributed by atoms with Crippen LogP contribution in [0, 0.1) is 5.92 Å². The van der Waals surface area contributed by atoms with Crippen LogP contribution in [0.1, 0.15) is 30.4 Å². The highest BCUT2D eigenvalue weighted by Crippen LogP contribution is 2.32. The molecule has 0 bridgehead atoms. The Balaban J connectivity index is 1.37. The zero-order valence-corrected chi connectivity index (χ0v) is 12.5. The van der Waals surface area contributed by atoms with Crippen LogP contribution in [0.4, 0.5) is 0 Å². The van der Waals surface area contributed by atoms with Gasteiger partial charge in [0.1, 0.15) is 5.75 Å². The van der Waals surface area contributed by atoms with E-state index in [0.29, 0.717) is 0 Å². The van der Waals surface area contributed by atoms with Crippen molar-refractivity contribution >= 4 is 11.6 Å². The maximum atomic E-state index is 6.14. The molecule has 0 amide bonds. The molecular weight excluding hydrogens is 274 g/mol. The van der Waals surface area contributed by atoms with Gasteiger partial charge in [0.15, 0.2) is 0 Å². The van der Waals surface area contributed by atoms with Crippen LogP contribution < -0.4 is 10.1 Å². The Kier molecular flexibility index (Phi) is 4.81. The van der Waals surface area contributed by atoms with Gasteiger partial charge in [-0.3, -0.25) is 0 Å². The largest absolute Gasteiger partial charge is 0.493 e. The van der Waals surface area contributed by atoms with E-state index in [1.165, 1.54) is 24.0 Å². The molecule has 0 atom stereocenters. The zero-order valence-electron chi connectivity index (χ0n) is 11.8. The van der Waals surface area contributed by atoms with E-state index in [1.807, 2.05) is 12.1 Å². The first-order valence-electron chi connectivity index (χ1n) is 7.55. The average Bonchev–Trinajstić information content (AvgIpc) is 3.13. The minimum atomic E-state index is 0.775. The van der Waals surface area contributed by atoms with E-state index in [2.05, 4.69) is 5.32 Å². The van der Waals surface area contributed by atoms with Crippen LogP contribution in [0.15, 0.2) is 12.1 Å². The molecule has 1 fully saturated rings. The van der Waals surface area contributed by atoms with Gasteiger partial charge < -0.3 is 14.8 Å². The molecule has 0 aromatic heterocycles. The fourth-order valence-electron chi connectivity index (χ4n) is 2.53. The molecular formula is C16H22ClNO2. The third-order valence-electron chi connectivity index (χ3n) is 3.83. The highest BCUT2D eigenvalue weighted by Gasteiger charge is 2.20. The molecule has 3 rings (SSSR count). The number of benzene rings is 1. The second-order valence-corrected chi connectivity index (χ2v) is 6.14. The van der Waals surface area contributed by atoms with Crippen molar-refractivity contribution in [3.8, 4) is 5.75 Å². The fraction of sp³-hybridized carbons (Fsp3) is 0.625. The topological polar surface area (TPSA) is 30.5 Å². The molecule has 0 radical (unpaired) electrons. The van der Waals surface area contributed by atoms with E-state index in [9.17, 15) is 0 Å². The van der Waals surface area contributed by atoms with Gasteiger partial charge in [0.25, 0.3) is 0 Å². The first-order chi connectivity index (χ1) is 9.83. The van der Waals surface area contributed by atoms with E-state index in [4.69, 9.17) is 21.1 Å². The summed E-state index contributed by atoms with van der Waals surface area (Å²) in [4.78, 5) is 0. The lowest BCUT2D eigenvalue weighted by molar-refractivity contribution is 0.122. The van der Waals surface area contributed by atoms with E-state index in [1.54, 1.807) is 0 Å². The molecule has 3 nitrogen and oxygen atoms in total. The summed E-state index contributed by atoms with van der Waals surface area (Å²) in [5.74, 6) is 1.89. The Bertz CT molecular complexity index is 460. The molecule has 110 valence electrons. The van der Waals surface area contributed by atoms with Crippen LogP contribution in [-0.2, 0) is 17.7 Å². The highest BCUT2D eigenvalue weighted by molar-refractivity contribution is 6.30. The molecule has 1 saturated carbocycles. The summed E-state index contributed by atoms with van der Waals surface area (Å²) in [6.07, 6.45) is 4.74. The molecule has 1 N–H and O–H groups in total. The minimum absolute atomic E-state index is 0.775. The molecule has 1 aliphatic carbocycles. The molecule has 20 heavy (non-hydrogen) atoms. The van der Waals surface area contributed by atoms with Gasteiger partial charge in [-0.1, -0.05) is 11.6 Å². The lowest BCUT2D eigenvalue weighted by Gasteiger charge is -2.10. The second kappa shape index (κ2) is 6.79. The Morgan fingerprint density at radius 3 is 3.10 bits per heavy atom. The van der Waals surface area contributed by atoms with Crippen molar-refractivity contribution in [1.82, 2.24) is 5.32 Å². The molecule has 1 aliphatic heterocycles. The predicted molar refractivity (Wildman–Crippen MR) is 80.5 cm³/mol. The van der Waals surface area contributed by atoms with Gasteiger partial charge in [-0.05, 0) is 49.4 Å². The summed E-state index contributed by atoms with van der Waals surface area (Å²) in [5, 5.41) is 4.25. The van der Waals surface area contributed by atoms with Crippen molar-refractivity contribution in [2.45, 2.75) is 32.2 Å². The summed E-state index contributed by atoms with van der Waals surface area (Å²) >= 11 is 6.14. The summed E-state index contributed by atoms with van der Waals surface area (Å²) in [6.45, 7) is 4.36. The van der Waals surface area contributed by atoms with Gasteiger partial charge in [0.2, 0.25) is 0 Å². The second-order valence-electron chi connectivity index (χ2n) is 5.70. The van der Waals surface area contributed by atoms with Crippen molar-refractivity contribution < 1.29 is 9.47 Å². The molecule has 1 heterocycles. The molecule has 4 heteroatoms. The van der Waals surface area contributed by atoms with Crippen LogP contribution in [0.5, 0.6) is 5.75 Å². The summed E-state index contributed by atoms with van der Waals surface area (Å²) < 4.78 is 11.3. The summed E-state index contributed by atoms with van der Waals surface area (Å²) in [7, 11) is 0. The van der Waals surface area contributed by atoms with E-state index >= 15 is 0 Å². The number of fused-ring (bicyclic) bond motifs is 1. The van der Waals surface area contributed by atoms with Gasteiger partial charge in [0, 0.05) is 36.8 Å². The maximum absolute atomic E-state index is 6.14. The van der Waals surface area contributed by atoms with Crippen molar-refractivity contribution in [2.24, 2.45) is 5.92 Å². The summed E-state index contributed by atoms with van der Waals surface area (Å²) in [6, 6.07) is 4.02. The predicted octanol–water partition coefficient (Wildman–Crippen LogP) is 3.18. The van der Waals surface area contributed by atoms with Crippen LogP contribution >= 0.6 is 11.6 Å². The van der Waals surface area contributed by atoms with Crippen LogP contribution in [0.3, 0.4) is 0 Å². The van der Waals surface area contributed by atoms with Gasteiger partial charge in [-0.15, -0.1) is 0 Å². The SMILES string of the molecule is Clc1cc2c(c(CNCCCOCC3CC3)c1)OCC2. The summed E-state index contributed by atoms with van der Waals surface area (Å²) in [5.41, 5.74) is 2.41. The first kappa shape index (κ1) is 14.2. The molecule has 2 aliphatic rings. The lowest BCUT2D eigenvalue weighted by Crippen LogP contribution is -2.17. The number of nitrogens with one attached hydrogen (secondary N) is 1. The van der Waals surface area contributed by atoms with Crippen molar-refractivity contribution in [3.05, 3.63) is 28.3 Å². The molecule has 0 spiro atoms. The van der Waals surface area contributed by atoms with Crippen molar-refractivity contribution in [1.29, 1.82) is 0 Å². The van der Waals surface area contributed by atoms with Crippen LogP contribution in [0.25, 0.3) is 0 Å². The van der Waals surface area contributed by atoms with E-state index in [-0.39, 0.29) is 0 Å².